The van der Waals surface area contributed by atoms with E-state index in [0.29, 0.717) is 17.1 Å². The van der Waals surface area contributed by atoms with E-state index < -0.39 is 0 Å². The molecule has 22 aromatic rings. The zero-order chi connectivity index (χ0) is 59.8. The summed E-state index contributed by atoms with van der Waals surface area (Å²) in [6, 6.07) is 94.1. The average molecular weight is 1170 g/mol. The Bertz CT molecular complexity index is 7150. The molecule has 0 radical (unpaired) electrons. The van der Waals surface area contributed by atoms with E-state index in [1.165, 1.54) is 75.8 Å². The highest BCUT2D eigenvalue weighted by molar-refractivity contribution is 6.39. The van der Waals surface area contributed by atoms with Gasteiger partial charge in [0.05, 0.1) is 88.9 Å². The summed E-state index contributed by atoms with van der Waals surface area (Å²) in [7, 11) is 0. The van der Waals surface area contributed by atoms with Crippen molar-refractivity contribution in [2.75, 3.05) is 0 Å². The Morgan fingerprint density at radius 3 is 1.55 bits per heavy atom. The van der Waals surface area contributed by atoms with E-state index in [1.54, 1.807) is 0 Å². The molecule has 0 bridgehead atoms. The molecule has 0 fully saturated rings. The lowest BCUT2D eigenvalue weighted by Crippen LogP contribution is -2.04. The number of fused-ring (bicyclic) bond motifs is 28. The number of nitriles is 1. The predicted molar refractivity (Wildman–Crippen MR) is 379 cm³/mol. The molecule has 9 heterocycles. The molecule has 0 saturated carbocycles. The summed E-state index contributed by atoms with van der Waals surface area (Å²) in [5.74, 6) is 1.54. The van der Waals surface area contributed by atoms with Gasteiger partial charge in [0, 0.05) is 87.2 Å². The Balaban J connectivity index is 0.795. The molecule has 13 aromatic carbocycles. The van der Waals surface area contributed by atoms with Crippen molar-refractivity contribution in [2.24, 2.45) is 0 Å². The minimum absolute atomic E-state index is 0.561. The molecule has 9 nitrogen and oxygen atoms in total. The zero-order valence-corrected chi connectivity index (χ0v) is 48.9. The van der Waals surface area contributed by atoms with Crippen molar-refractivity contribution in [1.29, 1.82) is 5.26 Å². The van der Waals surface area contributed by atoms with Crippen LogP contribution in [0.4, 0.5) is 0 Å². The van der Waals surface area contributed by atoms with E-state index in [-0.39, 0.29) is 0 Å². The van der Waals surface area contributed by atoms with Crippen LogP contribution in [-0.4, -0.2) is 37.9 Å². The van der Waals surface area contributed by atoms with Crippen LogP contribution in [-0.2, 0) is 0 Å². The minimum Gasteiger partial charge on any atom is -0.308 e. The maximum Gasteiger partial charge on any atom is 0.165 e. The van der Waals surface area contributed by atoms with Crippen LogP contribution in [0.25, 0.3) is 208 Å². The molecule has 0 amide bonds. The van der Waals surface area contributed by atoms with E-state index in [1.807, 2.05) is 54.7 Å². The van der Waals surface area contributed by atoms with E-state index in [9.17, 15) is 5.26 Å². The molecule has 9 heteroatoms. The average Bonchev–Trinajstić information content (AvgIpc) is 1.52. The number of hydrogen-bond donors (Lipinski definition) is 0. The van der Waals surface area contributed by atoms with Gasteiger partial charge in [-0.25, -0.2) is 15.0 Å². The molecule has 0 aliphatic carbocycles. The molecule has 420 valence electrons. The summed E-state index contributed by atoms with van der Waals surface area (Å²) in [4.78, 5) is 21.9. The molecule has 0 N–H and O–H groups in total. The van der Waals surface area contributed by atoms with Crippen LogP contribution in [0.1, 0.15) is 5.56 Å². The second-order valence-corrected chi connectivity index (χ2v) is 24.7. The smallest absolute Gasteiger partial charge is 0.165 e. The van der Waals surface area contributed by atoms with Gasteiger partial charge in [-0.15, -0.1) is 0 Å². The Hall–Kier alpha value is -12.8. The van der Waals surface area contributed by atoms with Crippen LogP contribution < -0.4 is 0 Å². The fraction of sp³-hybridized carbons (Fsp3) is 0. The van der Waals surface area contributed by atoms with Gasteiger partial charge in [-0.1, -0.05) is 158 Å². The summed E-state index contributed by atoms with van der Waals surface area (Å²) in [5, 5.41) is 31.3. The lowest BCUT2D eigenvalue weighted by molar-refractivity contribution is 1.08. The molecule has 22 rings (SSSR count). The summed E-state index contributed by atoms with van der Waals surface area (Å²) in [6.45, 7) is 0. The van der Waals surface area contributed by atoms with Crippen molar-refractivity contribution < 1.29 is 0 Å². The topological polar surface area (TPSA) is 94.0 Å². The Morgan fingerprint density at radius 2 is 0.859 bits per heavy atom. The van der Waals surface area contributed by atoms with Gasteiger partial charge in [0.2, 0.25) is 0 Å². The van der Waals surface area contributed by atoms with Gasteiger partial charge in [-0.3, -0.25) is 14.1 Å². The molecule has 92 heavy (non-hydrogen) atoms. The molecule has 9 aromatic heterocycles. The lowest BCUT2D eigenvalue weighted by atomic mass is 9.96. The highest BCUT2D eigenvalue weighted by atomic mass is 15.1. The molecular weight excluding hydrogens is 1120 g/mol. The fourth-order valence-electron chi connectivity index (χ4n) is 16.5. The normalized spacial score (nSPS) is 12.6. The standard InChI is InChI=1S/C83H43N9/c84-44-45-14-13-17-50(40-45)77-83(87-64-24-9-8-23-63(64)86-77)92-67-27-12-7-22-56(67)61-43-62-58-41-49(31-34-68(58)90-70-36-30-47-16-2-4-19-53(47)73(70)75(80(62)90)82(61)92)51-38-39-85-78-57(51)33-28-48-32-37-71(88-76(48)78)91-66-26-11-6-21-55(66)60-42-59-54-20-5-10-25-65(54)89-69-35-29-46-15-1-3-18-52(46)72(69)74(79(59)89)81(60)91/h1-43H. The van der Waals surface area contributed by atoms with Crippen LogP contribution in [0.2, 0.25) is 0 Å². The van der Waals surface area contributed by atoms with Gasteiger partial charge < -0.3 is 8.80 Å². The first kappa shape index (κ1) is 48.3. The lowest BCUT2D eigenvalue weighted by Gasteiger charge is -2.14. The van der Waals surface area contributed by atoms with E-state index in [4.69, 9.17) is 19.9 Å². The molecule has 0 unspecified atom stereocenters. The third kappa shape index (κ3) is 6.06. The molecular formula is C83H43N9. The van der Waals surface area contributed by atoms with Crippen molar-refractivity contribution >= 4 is 174 Å². The van der Waals surface area contributed by atoms with Crippen LogP contribution in [0.15, 0.2) is 261 Å². The largest absolute Gasteiger partial charge is 0.308 e. The van der Waals surface area contributed by atoms with Crippen molar-refractivity contribution in [3.05, 3.63) is 267 Å². The third-order valence-electron chi connectivity index (χ3n) is 20.2. The van der Waals surface area contributed by atoms with Gasteiger partial charge in [-0.2, -0.15) is 5.26 Å². The number of hydrogen-bond acceptors (Lipinski definition) is 5. The van der Waals surface area contributed by atoms with Gasteiger partial charge >= 0.3 is 0 Å². The Morgan fingerprint density at radius 1 is 0.315 bits per heavy atom. The molecule has 0 saturated heterocycles. The molecule has 0 atom stereocenters. The van der Waals surface area contributed by atoms with Gasteiger partial charge in [0.1, 0.15) is 11.5 Å². The van der Waals surface area contributed by atoms with E-state index >= 15 is 0 Å². The summed E-state index contributed by atoms with van der Waals surface area (Å²) in [6.07, 6.45) is 1.96. The molecule has 0 aliphatic heterocycles. The zero-order valence-electron chi connectivity index (χ0n) is 48.9. The first-order valence-electron chi connectivity index (χ1n) is 31.2. The van der Waals surface area contributed by atoms with Gasteiger partial charge in [-0.05, 0) is 130 Å². The number of benzene rings is 13. The number of rotatable bonds is 4. The fourth-order valence-corrected chi connectivity index (χ4v) is 16.5. The third-order valence-corrected chi connectivity index (χ3v) is 20.2. The van der Waals surface area contributed by atoms with Crippen LogP contribution >= 0.6 is 0 Å². The number of para-hydroxylation sites is 5. The number of pyridine rings is 2. The maximum absolute atomic E-state index is 10.2. The van der Waals surface area contributed by atoms with Crippen molar-refractivity contribution in [1.82, 2.24) is 37.9 Å². The first-order valence-corrected chi connectivity index (χ1v) is 31.2. The van der Waals surface area contributed by atoms with E-state index in [0.717, 1.165) is 121 Å². The summed E-state index contributed by atoms with van der Waals surface area (Å²) >= 11 is 0. The van der Waals surface area contributed by atoms with Crippen molar-refractivity contribution in [3.8, 4) is 40.1 Å². The first-order chi connectivity index (χ1) is 45.6. The minimum atomic E-state index is 0.561. The monoisotopic (exact) mass is 1170 g/mol. The quantitative estimate of drug-likeness (QED) is 0.164. The second-order valence-electron chi connectivity index (χ2n) is 24.7. The molecule has 0 spiro atoms. The van der Waals surface area contributed by atoms with Crippen LogP contribution in [0.5, 0.6) is 0 Å². The second kappa shape index (κ2) is 17.3. The van der Waals surface area contributed by atoms with Crippen molar-refractivity contribution in [3.63, 3.8) is 0 Å². The maximum atomic E-state index is 10.2. The molecule has 0 aliphatic rings. The van der Waals surface area contributed by atoms with Crippen LogP contribution in [0.3, 0.4) is 0 Å². The van der Waals surface area contributed by atoms with Gasteiger partial charge in [0.25, 0.3) is 0 Å². The Labute approximate surface area is 521 Å². The van der Waals surface area contributed by atoms with Crippen molar-refractivity contribution in [2.45, 2.75) is 0 Å². The summed E-state index contributed by atoms with van der Waals surface area (Å²) in [5.41, 5.74) is 18.9. The van der Waals surface area contributed by atoms with E-state index in [2.05, 4.69) is 230 Å². The predicted octanol–water partition coefficient (Wildman–Crippen LogP) is 20.7. The highest BCUT2D eigenvalue weighted by Crippen LogP contribution is 2.51. The van der Waals surface area contributed by atoms with Gasteiger partial charge in [0.15, 0.2) is 5.82 Å². The SMILES string of the molecule is N#Cc1cccc(-c2nc3ccccc3nc2-n2c3ccccc3c3cc4c5cc(-c6ccnc7c6ccc6ccc(-n8c9ccccc9c9cc%10c%11ccccc%11n%11c%12ccc%13ccccc%13c%12c(c98)c%10%11)nc67)ccc5n5c6ccc7ccccc7c6c(c32)c45)c1. The Kier molecular flexibility index (Phi) is 9.08. The summed E-state index contributed by atoms with van der Waals surface area (Å²) < 4.78 is 9.75. The highest BCUT2D eigenvalue weighted by Gasteiger charge is 2.30. The number of aromatic nitrogens is 8. The van der Waals surface area contributed by atoms with Crippen LogP contribution in [0, 0.1) is 11.3 Å². The number of nitrogens with zero attached hydrogens (tertiary/aromatic N) is 9.